The summed E-state index contributed by atoms with van der Waals surface area (Å²) >= 11 is 3.64. The van der Waals surface area contributed by atoms with Gasteiger partial charge in [0, 0.05) is 4.47 Å². The van der Waals surface area contributed by atoms with Crippen LogP contribution in [0.25, 0.3) is 17.2 Å². The number of hydrogen-bond donors (Lipinski definition) is 0. The van der Waals surface area contributed by atoms with Crippen LogP contribution in [0.3, 0.4) is 0 Å². The molecule has 0 spiro atoms. The third-order valence-corrected chi connectivity index (χ3v) is 3.60. The molecule has 0 saturated heterocycles. The largest absolute Gasteiger partial charge is 0.0795 e. The Hall–Kier alpha value is -1.34. The highest BCUT2D eigenvalue weighted by Crippen LogP contribution is 2.33. The summed E-state index contributed by atoms with van der Waals surface area (Å²) in [5, 5.41) is 0. The van der Waals surface area contributed by atoms with E-state index in [9.17, 15) is 0 Å². The molecule has 3 rings (SSSR count). The maximum atomic E-state index is 3.64. The Kier molecular flexibility index (Phi) is 2.41. The first-order chi connectivity index (χ1) is 7.84. The molecule has 0 radical (unpaired) electrons. The SMILES string of the molecule is Brc1cc(-c2ccccc2)cc2c1C=CC2. The fourth-order valence-electron chi connectivity index (χ4n) is 2.13. The van der Waals surface area contributed by atoms with Crippen molar-refractivity contribution < 1.29 is 0 Å². The van der Waals surface area contributed by atoms with Crippen molar-refractivity contribution >= 4 is 22.0 Å². The first kappa shape index (κ1) is 9.86. The van der Waals surface area contributed by atoms with Gasteiger partial charge in [-0.15, -0.1) is 0 Å². The molecule has 2 aromatic carbocycles. The molecule has 2 aromatic rings. The van der Waals surface area contributed by atoms with E-state index in [0.29, 0.717) is 0 Å². The summed E-state index contributed by atoms with van der Waals surface area (Å²) in [6, 6.07) is 15.0. The van der Waals surface area contributed by atoms with Crippen LogP contribution >= 0.6 is 15.9 Å². The van der Waals surface area contributed by atoms with Crippen LogP contribution in [0.15, 0.2) is 53.0 Å². The van der Waals surface area contributed by atoms with Crippen LogP contribution in [-0.4, -0.2) is 0 Å². The van der Waals surface area contributed by atoms with Crippen molar-refractivity contribution in [1.29, 1.82) is 0 Å². The summed E-state index contributed by atoms with van der Waals surface area (Å²) in [5.41, 5.74) is 5.31. The smallest absolute Gasteiger partial charge is 0.0256 e. The fourth-order valence-corrected chi connectivity index (χ4v) is 2.76. The van der Waals surface area contributed by atoms with Gasteiger partial charge in [0.1, 0.15) is 0 Å². The monoisotopic (exact) mass is 270 g/mol. The molecule has 0 N–H and O–H groups in total. The van der Waals surface area contributed by atoms with Crippen LogP contribution < -0.4 is 0 Å². The lowest BCUT2D eigenvalue weighted by molar-refractivity contribution is 1.30. The van der Waals surface area contributed by atoms with Crippen LogP contribution in [0, 0.1) is 0 Å². The zero-order valence-corrected chi connectivity index (χ0v) is 10.4. The van der Waals surface area contributed by atoms with Crippen LogP contribution in [0.5, 0.6) is 0 Å². The second-order valence-electron chi connectivity index (χ2n) is 4.00. The fraction of sp³-hybridized carbons (Fsp3) is 0.0667. The molecule has 0 atom stereocenters. The van der Waals surface area contributed by atoms with E-state index in [0.717, 1.165) is 6.42 Å². The summed E-state index contributed by atoms with van der Waals surface area (Å²) in [5.74, 6) is 0. The van der Waals surface area contributed by atoms with Gasteiger partial charge in [0.15, 0.2) is 0 Å². The van der Waals surface area contributed by atoms with Crippen molar-refractivity contribution in [1.82, 2.24) is 0 Å². The Labute approximate surface area is 104 Å². The molecule has 1 aliphatic carbocycles. The van der Waals surface area contributed by atoms with E-state index in [1.807, 2.05) is 6.07 Å². The average Bonchev–Trinajstić information content (AvgIpc) is 2.79. The van der Waals surface area contributed by atoms with Crippen LogP contribution in [-0.2, 0) is 6.42 Å². The molecule has 0 aliphatic heterocycles. The molecule has 0 fully saturated rings. The van der Waals surface area contributed by atoms with Crippen molar-refractivity contribution in [3.05, 3.63) is 64.1 Å². The highest BCUT2D eigenvalue weighted by Gasteiger charge is 2.10. The standard InChI is InChI=1S/C15H11Br/c16-15-10-13(11-5-2-1-3-6-11)9-12-7-4-8-14(12)15/h1-6,8-10H,7H2. The zero-order valence-electron chi connectivity index (χ0n) is 8.78. The number of benzene rings is 2. The highest BCUT2D eigenvalue weighted by molar-refractivity contribution is 9.10. The molecule has 0 nitrogen and oxygen atoms in total. The molecule has 78 valence electrons. The maximum Gasteiger partial charge on any atom is 0.0256 e. The van der Waals surface area contributed by atoms with E-state index >= 15 is 0 Å². The number of rotatable bonds is 1. The van der Waals surface area contributed by atoms with Gasteiger partial charge in [0.25, 0.3) is 0 Å². The zero-order chi connectivity index (χ0) is 11.0. The van der Waals surface area contributed by atoms with E-state index in [-0.39, 0.29) is 0 Å². The summed E-state index contributed by atoms with van der Waals surface area (Å²) < 4.78 is 1.19. The van der Waals surface area contributed by atoms with E-state index in [1.54, 1.807) is 0 Å². The van der Waals surface area contributed by atoms with Crippen molar-refractivity contribution in [3.63, 3.8) is 0 Å². The van der Waals surface area contributed by atoms with Gasteiger partial charge in [-0.05, 0) is 34.7 Å². The van der Waals surface area contributed by atoms with Gasteiger partial charge in [-0.25, -0.2) is 0 Å². The number of halogens is 1. The summed E-state index contributed by atoms with van der Waals surface area (Å²) in [4.78, 5) is 0. The minimum atomic E-state index is 1.05. The minimum absolute atomic E-state index is 1.05. The van der Waals surface area contributed by atoms with Crippen molar-refractivity contribution in [3.8, 4) is 11.1 Å². The van der Waals surface area contributed by atoms with Crippen molar-refractivity contribution in [2.24, 2.45) is 0 Å². The molecule has 0 heterocycles. The molecule has 0 saturated carbocycles. The van der Waals surface area contributed by atoms with Crippen LogP contribution in [0.2, 0.25) is 0 Å². The van der Waals surface area contributed by atoms with Gasteiger partial charge < -0.3 is 0 Å². The summed E-state index contributed by atoms with van der Waals surface area (Å²) in [7, 11) is 0. The van der Waals surface area contributed by atoms with Gasteiger partial charge in [0.05, 0.1) is 0 Å². The van der Waals surface area contributed by atoms with Crippen molar-refractivity contribution in [2.45, 2.75) is 6.42 Å². The van der Waals surface area contributed by atoms with Gasteiger partial charge in [-0.1, -0.05) is 64.5 Å². The molecule has 0 unspecified atom stereocenters. The number of fused-ring (bicyclic) bond motifs is 1. The molecular weight excluding hydrogens is 260 g/mol. The second-order valence-corrected chi connectivity index (χ2v) is 4.86. The summed E-state index contributed by atoms with van der Waals surface area (Å²) in [6.07, 6.45) is 5.45. The topological polar surface area (TPSA) is 0 Å². The lowest BCUT2D eigenvalue weighted by atomic mass is 10.0. The van der Waals surface area contributed by atoms with E-state index in [2.05, 4.69) is 64.5 Å². The molecule has 1 heteroatoms. The van der Waals surface area contributed by atoms with E-state index < -0.39 is 0 Å². The van der Waals surface area contributed by atoms with Crippen molar-refractivity contribution in [2.75, 3.05) is 0 Å². The summed E-state index contributed by atoms with van der Waals surface area (Å²) in [6.45, 7) is 0. The Morgan fingerprint density at radius 3 is 2.56 bits per heavy atom. The molecule has 1 aliphatic rings. The minimum Gasteiger partial charge on any atom is -0.0795 e. The normalized spacial score (nSPS) is 12.8. The van der Waals surface area contributed by atoms with Gasteiger partial charge in [-0.3, -0.25) is 0 Å². The lowest BCUT2D eigenvalue weighted by Gasteiger charge is -2.07. The molecule has 0 aromatic heterocycles. The maximum absolute atomic E-state index is 3.64. The van der Waals surface area contributed by atoms with E-state index in [1.165, 1.54) is 26.7 Å². The van der Waals surface area contributed by atoms with Crippen LogP contribution in [0.4, 0.5) is 0 Å². The van der Waals surface area contributed by atoms with E-state index in [4.69, 9.17) is 0 Å². The van der Waals surface area contributed by atoms with Crippen LogP contribution in [0.1, 0.15) is 11.1 Å². The molecule has 16 heavy (non-hydrogen) atoms. The quantitative estimate of drug-likeness (QED) is 0.706. The Morgan fingerprint density at radius 1 is 0.938 bits per heavy atom. The lowest BCUT2D eigenvalue weighted by Crippen LogP contribution is -1.86. The third-order valence-electron chi connectivity index (χ3n) is 2.94. The average molecular weight is 271 g/mol. The second kappa shape index (κ2) is 3.91. The number of allylic oxidation sites excluding steroid dienone is 1. The molecular formula is C15H11Br. The van der Waals surface area contributed by atoms with Gasteiger partial charge >= 0.3 is 0 Å². The first-order valence-corrected chi connectivity index (χ1v) is 6.18. The Bertz CT molecular complexity index is 553. The highest BCUT2D eigenvalue weighted by atomic mass is 79.9. The third kappa shape index (κ3) is 1.61. The Morgan fingerprint density at radius 2 is 1.75 bits per heavy atom. The molecule has 0 amide bonds. The Balaban J connectivity index is 2.15. The first-order valence-electron chi connectivity index (χ1n) is 5.39. The van der Waals surface area contributed by atoms with Gasteiger partial charge in [0.2, 0.25) is 0 Å². The van der Waals surface area contributed by atoms with Gasteiger partial charge in [-0.2, -0.15) is 0 Å². The predicted molar refractivity (Wildman–Crippen MR) is 72.3 cm³/mol. The number of hydrogen-bond acceptors (Lipinski definition) is 0. The molecule has 0 bridgehead atoms. The predicted octanol–water partition coefficient (Wildman–Crippen LogP) is 4.69.